The standard InChI is InChI=1S/C27H35N3O6S/c1-4-35-27(32)23-6-5-15-29(18-23)26(31)22-13-16-30(17-14-22)37(33,34)25-20(3)28-36-24(25)12-11-21-9-7-19(2)8-10-21/h7-12,22-23H,4-6,13-18H2,1-3H3/b12-11+/t23-/m0/s1. The molecule has 0 radical (unpaired) electrons. The number of hydrogen-bond donors (Lipinski definition) is 0. The van der Waals surface area contributed by atoms with Crippen molar-refractivity contribution in [3.63, 3.8) is 0 Å². The number of amides is 1. The molecule has 0 aliphatic carbocycles. The van der Waals surface area contributed by atoms with Crippen LogP contribution in [0.4, 0.5) is 0 Å². The molecule has 0 bridgehead atoms. The van der Waals surface area contributed by atoms with Gasteiger partial charge in [-0.15, -0.1) is 0 Å². The Morgan fingerprint density at radius 2 is 1.76 bits per heavy atom. The van der Waals surface area contributed by atoms with Crippen LogP contribution in [0.1, 0.15) is 55.2 Å². The zero-order chi connectivity index (χ0) is 26.6. The second kappa shape index (κ2) is 11.6. The maximum atomic E-state index is 13.5. The molecular formula is C27H35N3O6S. The van der Waals surface area contributed by atoms with Crippen molar-refractivity contribution in [1.82, 2.24) is 14.4 Å². The molecule has 2 fully saturated rings. The third kappa shape index (κ3) is 6.13. The van der Waals surface area contributed by atoms with Crippen LogP contribution in [0.3, 0.4) is 0 Å². The molecule has 9 nitrogen and oxygen atoms in total. The van der Waals surface area contributed by atoms with Crippen molar-refractivity contribution in [3.05, 3.63) is 46.8 Å². The molecule has 0 saturated carbocycles. The van der Waals surface area contributed by atoms with Gasteiger partial charge in [-0.05, 0) is 58.1 Å². The number of esters is 1. The molecule has 0 unspecified atom stereocenters. The number of carbonyl (C=O) groups is 2. The van der Waals surface area contributed by atoms with Crippen LogP contribution < -0.4 is 0 Å². The SMILES string of the molecule is CCOC(=O)[C@H]1CCCN(C(=O)C2CCN(S(=O)(=O)c3c(C)noc3/C=C/c3ccc(C)cc3)CC2)C1. The van der Waals surface area contributed by atoms with Gasteiger partial charge in [0, 0.05) is 32.1 Å². The van der Waals surface area contributed by atoms with Crippen LogP contribution in [0.25, 0.3) is 12.2 Å². The Bertz CT molecular complexity index is 1240. The molecule has 200 valence electrons. The van der Waals surface area contributed by atoms with Gasteiger partial charge in [0.15, 0.2) is 10.7 Å². The van der Waals surface area contributed by atoms with Crippen LogP contribution in [-0.4, -0.2) is 67.4 Å². The lowest BCUT2D eigenvalue weighted by Gasteiger charge is -2.36. The van der Waals surface area contributed by atoms with E-state index in [-0.39, 0.29) is 47.5 Å². The van der Waals surface area contributed by atoms with Crippen LogP contribution in [-0.2, 0) is 24.3 Å². The zero-order valence-electron chi connectivity index (χ0n) is 21.7. The molecule has 37 heavy (non-hydrogen) atoms. The zero-order valence-corrected chi connectivity index (χ0v) is 22.5. The van der Waals surface area contributed by atoms with Crippen molar-refractivity contribution in [2.75, 3.05) is 32.8 Å². The molecular weight excluding hydrogens is 494 g/mol. The third-order valence-electron chi connectivity index (χ3n) is 7.09. The molecule has 1 amide bonds. The molecule has 1 aromatic heterocycles. The number of hydrogen-bond acceptors (Lipinski definition) is 7. The van der Waals surface area contributed by atoms with E-state index in [1.165, 1.54) is 4.31 Å². The van der Waals surface area contributed by atoms with E-state index in [1.54, 1.807) is 30.9 Å². The smallest absolute Gasteiger partial charge is 0.310 e. The minimum atomic E-state index is -3.85. The molecule has 2 saturated heterocycles. The van der Waals surface area contributed by atoms with E-state index in [9.17, 15) is 18.0 Å². The number of likely N-dealkylation sites (tertiary alicyclic amines) is 1. The van der Waals surface area contributed by atoms with Gasteiger partial charge in [-0.3, -0.25) is 9.59 Å². The fourth-order valence-electron chi connectivity index (χ4n) is 5.01. The number of carbonyl (C=O) groups excluding carboxylic acids is 2. The molecule has 2 aliphatic rings. The average molecular weight is 530 g/mol. The van der Waals surface area contributed by atoms with E-state index < -0.39 is 10.0 Å². The van der Waals surface area contributed by atoms with E-state index in [4.69, 9.17) is 9.26 Å². The first-order chi connectivity index (χ1) is 17.7. The number of aromatic nitrogens is 1. The van der Waals surface area contributed by atoms with Crippen LogP contribution in [0.15, 0.2) is 33.7 Å². The summed E-state index contributed by atoms with van der Waals surface area (Å²) in [5, 5.41) is 3.91. The Morgan fingerprint density at radius 1 is 1.05 bits per heavy atom. The highest BCUT2D eigenvalue weighted by Crippen LogP contribution is 2.30. The summed E-state index contributed by atoms with van der Waals surface area (Å²) in [6.07, 6.45) is 5.76. The van der Waals surface area contributed by atoms with Crippen molar-refractivity contribution in [1.29, 1.82) is 0 Å². The summed E-state index contributed by atoms with van der Waals surface area (Å²) < 4.78 is 39.0. The Hall–Kier alpha value is -2.98. The number of aryl methyl sites for hydroxylation is 2. The second-order valence-corrected chi connectivity index (χ2v) is 11.6. The van der Waals surface area contributed by atoms with Crippen LogP contribution in [0, 0.1) is 25.7 Å². The van der Waals surface area contributed by atoms with Crippen molar-refractivity contribution in [2.24, 2.45) is 11.8 Å². The number of piperidine rings is 2. The van der Waals surface area contributed by atoms with Gasteiger partial charge in [-0.25, -0.2) is 8.42 Å². The molecule has 0 N–H and O–H groups in total. The molecule has 2 aliphatic heterocycles. The summed E-state index contributed by atoms with van der Waals surface area (Å²) in [6.45, 7) is 7.17. The topological polar surface area (TPSA) is 110 Å². The lowest BCUT2D eigenvalue weighted by Crippen LogP contribution is -2.48. The highest BCUT2D eigenvalue weighted by molar-refractivity contribution is 7.89. The largest absolute Gasteiger partial charge is 0.466 e. The van der Waals surface area contributed by atoms with Crippen molar-refractivity contribution < 1.29 is 27.3 Å². The second-order valence-electron chi connectivity index (χ2n) is 9.76. The van der Waals surface area contributed by atoms with Gasteiger partial charge in [0.25, 0.3) is 0 Å². The molecule has 0 spiro atoms. The first-order valence-electron chi connectivity index (χ1n) is 12.9. The molecule has 1 atom stereocenters. The summed E-state index contributed by atoms with van der Waals surface area (Å²) in [6, 6.07) is 7.86. The summed E-state index contributed by atoms with van der Waals surface area (Å²) in [5.41, 5.74) is 2.36. The number of rotatable bonds is 7. The van der Waals surface area contributed by atoms with E-state index in [2.05, 4.69) is 5.16 Å². The maximum absolute atomic E-state index is 13.5. The first-order valence-corrected chi connectivity index (χ1v) is 14.3. The van der Waals surface area contributed by atoms with Crippen molar-refractivity contribution >= 4 is 34.1 Å². The Morgan fingerprint density at radius 3 is 2.43 bits per heavy atom. The van der Waals surface area contributed by atoms with E-state index in [0.717, 1.165) is 24.0 Å². The van der Waals surface area contributed by atoms with Crippen molar-refractivity contribution in [2.45, 2.75) is 51.3 Å². The van der Waals surface area contributed by atoms with Gasteiger partial charge in [0.05, 0.1) is 12.5 Å². The summed E-state index contributed by atoms with van der Waals surface area (Å²) in [5.74, 6) is -0.626. The third-order valence-corrected chi connectivity index (χ3v) is 9.15. The molecule has 3 heterocycles. The number of benzene rings is 1. The van der Waals surface area contributed by atoms with Crippen LogP contribution in [0.2, 0.25) is 0 Å². The predicted molar refractivity (Wildman–Crippen MR) is 139 cm³/mol. The summed E-state index contributed by atoms with van der Waals surface area (Å²) in [7, 11) is -3.85. The van der Waals surface area contributed by atoms with Crippen LogP contribution >= 0.6 is 0 Å². The van der Waals surface area contributed by atoms with E-state index in [0.29, 0.717) is 38.2 Å². The number of nitrogens with zero attached hydrogens (tertiary/aromatic N) is 3. The van der Waals surface area contributed by atoms with Crippen molar-refractivity contribution in [3.8, 4) is 0 Å². The van der Waals surface area contributed by atoms with Crippen LogP contribution in [0.5, 0.6) is 0 Å². The van der Waals surface area contributed by atoms with Gasteiger partial charge in [0.2, 0.25) is 15.9 Å². The van der Waals surface area contributed by atoms with Gasteiger partial charge in [0.1, 0.15) is 5.69 Å². The average Bonchev–Trinajstić information content (AvgIpc) is 3.29. The Balaban J connectivity index is 1.41. The maximum Gasteiger partial charge on any atom is 0.310 e. The van der Waals surface area contributed by atoms with Gasteiger partial charge in [-0.2, -0.15) is 4.31 Å². The molecule has 4 rings (SSSR count). The first kappa shape index (κ1) is 27.1. The Labute approximate surface area is 218 Å². The van der Waals surface area contributed by atoms with Gasteiger partial charge in [-0.1, -0.05) is 41.1 Å². The minimum absolute atomic E-state index is 0.00563. The lowest BCUT2D eigenvalue weighted by atomic mass is 9.93. The van der Waals surface area contributed by atoms with E-state index in [1.807, 2.05) is 31.2 Å². The normalized spacial score (nSPS) is 19.9. The summed E-state index contributed by atoms with van der Waals surface area (Å²) >= 11 is 0. The molecule has 10 heteroatoms. The quantitative estimate of drug-likeness (QED) is 0.504. The molecule has 2 aromatic rings. The monoisotopic (exact) mass is 529 g/mol. The minimum Gasteiger partial charge on any atom is -0.466 e. The predicted octanol–water partition coefficient (Wildman–Crippen LogP) is 3.66. The lowest BCUT2D eigenvalue weighted by molar-refractivity contribution is -0.152. The van der Waals surface area contributed by atoms with Gasteiger partial charge >= 0.3 is 5.97 Å². The number of ether oxygens (including phenoxy) is 1. The molecule has 1 aromatic carbocycles. The highest BCUT2D eigenvalue weighted by atomic mass is 32.2. The highest BCUT2D eigenvalue weighted by Gasteiger charge is 2.38. The van der Waals surface area contributed by atoms with Gasteiger partial charge < -0.3 is 14.2 Å². The summed E-state index contributed by atoms with van der Waals surface area (Å²) in [4.78, 5) is 27.1. The fourth-order valence-corrected chi connectivity index (χ4v) is 6.73. The number of sulfonamides is 1. The van der Waals surface area contributed by atoms with E-state index >= 15 is 0 Å². The Kier molecular flexibility index (Phi) is 8.49. The fraction of sp³-hybridized carbons (Fsp3) is 0.519.